The highest BCUT2D eigenvalue weighted by molar-refractivity contribution is 5.98. The third-order valence-corrected chi connectivity index (χ3v) is 2.32. The van der Waals surface area contributed by atoms with Gasteiger partial charge in [-0.05, 0) is 26.0 Å². The minimum atomic E-state index is -4.58. The lowest BCUT2D eigenvalue weighted by molar-refractivity contribution is -0.385. The largest absolute Gasteiger partial charge is 0.481 e. The molecule has 0 amide bonds. The van der Waals surface area contributed by atoms with Crippen molar-refractivity contribution in [2.45, 2.75) is 26.1 Å². The summed E-state index contributed by atoms with van der Waals surface area (Å²) in [5, 5.41) is 10.7. The first-order valence-electron chi connectivity index (χ1n) is 5.15. The van der Waals surface area contributed by atoms with Crippen molar-refractivity contribution in [1.82, 2.24) is 0 Å². The molecule has 1 atom stereocenters. The highest BCUT2D eigenvalue weighted by Crippen LogP contribution is 2.29. The molecule has 1 aromatic carbocycles. The van der Waals surface area contributed by atoms with E-state index in [-0.39, 0.29) is 11.3 Å². The number of nitro benzene ring substituents is 1. The molecular formula is C11H10F3NO4. The third kappa shape index (κ3) is 3.67. The fourth-order valence-corrected chi connectivity index (χ4v) is 1.30. The zero-order valence-electron chi connectivity index (χ0n) is 10.0. The molecule has 0 fully saturated rings. The van der Waals surface area contributed by atoms with Crippen molar-refractivity contribution in [3.05, 3.63) is 33.9 Å². The molecule has 0 saturated carbocycles. The van der Waals surface area contributed by atoms with Gasteiger partial charge in [-0.2, -0.15) is 13.2 Å². The van der Waals surface area contributed by atoms with Crippen LogP contribution in [0.3, 0.4) is 0 Å². The summed E-state index contributed by atoms with van der Waals surface area (Å²) >= 11 is 0. The number of halogens is 3. The maximum absolute atomic E-state index is 12.3. The summed E-state index contributed by atoms with van der Waals surface area (Å²) in [5.41, 5.74) is -0.767. The van der Waals surface area contributed by atoms with Crippen LogP contribution in [0.1, 0.15) is 24.2 Å². The number of benzene rings is 1. The van der Waals surface area contributed by atoms with Crippen molar-refractivity contribution in [3.63, 3.8) is 0 Å². The van der Waals surface area contributed by atoms with Crippen molar-refractivity contribution in [1.29, 1.82) is 0 Å². The highest BCUT2D eigenvalue weighted by Gasteiger charge is 2.38. The van der Waals surface area contributed by atoms with Gasteiger partial charge < -0.3 is 4.74 Å². The van der Waals surface area contributed by atoms with Gasteiger partial charge in [-0.25, -0.2) is 0 Å². The van der Waals surface area contributed by atoms with E-state index in [1.807, 2.05) is 0 Å². The molecule has 0 aromatic heterocycles. The van der Waals surface area contributed by atoms with Crippen LogP contribution in [0.5, 0.6) is 5.75 Å². The lowest BCUT2D eigenvalue weighted by Crippen LogP contribution is -2.31. The Morgan fingerprint density at radius 3 is 2.42 bits per heavy atom. The van der Waals surface area contributed by atoms with Crippen LogP contribution >= 0.6 is 0 Å². The maximum Gasteiger partial charge on any atom is 0.425 e. The average Bonchev–Trinajstić information content (AvgIpc) is 2.27. The number of nitrogens with zero attached hydrogens (tertiary/aromatic N) is 1. The second kappa shape index (κ2) is 5.25. The van der Waals surface area contributed by atoms with Crippen molar-refractivity contribution in [3.8, 4) is 5.75 Å². The van der Waals surface area contributed by atoms with Crippen molar-refractivity contribution in [2.24, 2.45) is 0 Å². The molecule has 0 aliphatic heterocycles. The quantitative estimate of drug-likeness (QED) is 0.481. The van der Waals surface area contributed by atoms with Gasteiger partial charge in [0.15, 0.2) is 11.9 Å². The Hall–Kier alpha value is -2.12. The molecular weight excluding hydrogens is 267 g/mol. The van der Waals surface area contributed by atoms with Gasteiger partial charge in [0.05, 0.1) is 16.6 Å². The predicted octanol–water partition coefficient (Wildman–Crippen LogP) is 3.13. The fraction of sp³-hybridized carbons (Fsp3) is 0.364. The first-order valence-corrected chi connectivity index (χ1v) is 5.15. The van der Waals surface area contributed by atoms with E-state index in [1.165, 1.54) is 0 Å². The van der Waals surface area contributed by atoms with Gasteiger partial charge in [0.1, 0.15) is 5.75 Å². The fourth-order valence-electron chi connectivity index (χ4n) is 1.30. The predicted molar refractivity (Wildman–Crippen MR) is 59.2 cm³/mol. The van der Waals surface area contributed by atoms with E-state index in [0.717, 1.165) is 32.0 Å². The van der Waals surface area contributed by atoms with Gasteiger partial charge in [0.25, 0.3) is 5.69 Å². The average molecular weight is 277 g/mol. The Morgan fingerprint density at radius 2 is 2.00 bits per heavy atom. The first-order chi connectivity index (χ1) is 8.62. The molecule has 1 unspecified atom stereocenters. The Labute approximate surface area is 106 Å². The summed E-state index contributed by atoms with van der Waals surface area (Å²) in [6, 6.07) is 2.96. The van der Waals surface area contributed by atoms with Crippen LogP contribution < -0.4 is 4.74 Å². The minimum absolute atomic E-state index is 0.183. The lowest BCUT2D eigenvalue weighted by atomic mass is 10.1. The molecule has 1 rings (SSSR count). The zero-order chi connectivity index (χ0) is 14.8. The number of carbonyl (C=O) groups excluding carboxylic acids is 1. The van der Waals surface area contributed by atoms with Crippen LogP contribution in [-0.4, -0.2) is 23.0 Å². The van der Waals surface area contributed by atoms with Crippen LogP contribution in [-0.2, 0) is 0 Å². The van der Waals surface area contributed by atoms with E-state index in [9.17, 15) is 28.1 Å². The summed E-state index contributed by atoms with van der Waals surface area (Å²) in [6.45, 7) is 1.91. The Kier molecular flexibility index (Phi) is 4.13. The number of nitro groups is 1. The molecule has 0 spiro atoms. The van der Waals surface area contributed by atoms with Gasteiger partial charge in [0, 0.05) is 0 Å². The summed E-state index contributed by atoms with van der Waals surface area (Å²) in [7, 11) is 0. The number of alkyl halides is 3. The SMILES string of the molecule is CC(=O)c1ccc(OC(C)C(F)(F)F)cc1[N+](=O)[O-]. The Morgan fingerprint density at radius 1 is 1.42 bits per heavy atom. The van der Waals surface area contributed by atoms with Crippen LogP contribution in [0.25, 0.3) is 0 Å². The second-order valence-corrected chi connectivity index (χ2v) is 3.79. The van der Waals surface area contributed by atoms with E-state index in [2.05, 4.69) is 4.74 Å². The monoisotopic (exact) mass is 277 g/mol. The van der Waals surface area contributed by atoms with E-state index in [4.69, 9.17) is 0 Å². The number of Topliss-reactive ketones (excluding diaryl/α,β-unsaturated/α-hetero) is 1. The zero-order valence-corrected chi connectivity index (χ0v) is 10.0. The molecule has 0 aliphatic rings. The van der Waals surface area contributed by atoms with Gasteiger partial charge >= 0.3 is 6.18 Å². The van der Waals surface area contributed by atoms with Gasteiger partial charge in [0.2, 0.25) is 0 Å². The van der Waals surface area contributed by atoms with E-state index < -0.39 is 28.7 Å². The molecule has 0 N–H and O–H groups in total. The summed E-state index contributed by atoms with van der Waals surface area (Å²) in [5.74, 6) is -0.872. The normalized spacial score (nSPS) is 12.9. The number of hydrogen-bond donors (Lipinski definition) is 0. The molecule has 19 heavy (non-hydrogen) atoms. The molecule has 0 radical (unpaired) electrons. The molecule has 0 saturated heterocycles. The molecule has 8 heteroatoms. The van der Waals surface area contributed by atoms with Gasteiger partial charge in [-0.1, -0.05) is 0 Å². The Balaban J connectivity index is 3.10. The van der Waals surface area contributed by atoms with Gasteiger partial charge in [-0.3, -0.25) is 14.9 Å². The second-order valence-electron chi connectivity index (χ2n) is 3.79. The number of ketones is 1. The number of rotatable bonds is 4. The number of carbonyl (C=O) groups is 1. The molecule has 5 nitrogen and oxygen atoms in total. The molecule has 0 heterocycles. The topological polar surface area (TPSA) is 69.4 Å². The number of hydrogen-bond acceptors (Lipinski definition) is 4. The summed E-state index contributed by atoms with van der Waals surface area (Å²) < 4.78 is 41.4. The standard InChI is InChI=1S/C11H10F3NO4/c1-6(16)9-4-3-8(5-10(9)15(17)18)19-7(2)11(12,13)14/h3-5,7H,1-2H3. The summed E-state index contributed by atoms with van der Waals surface area (Å²) in [4.78, 5) is 21.0. The minimum Gasteiger partial charge on any atom is -0.481 e. The molecule has 0 aliphatic carbocycles. The van der Waals surface area contributed by atoms with Crippen LogP contribution in [0.4, 0.5) is 18.9 Å². The smallest absolute Gasteiger partial charge is 0.425 e. The van der Waals surface area contributed by atoms with Crippen molar-refractivity contribution >= 4 is 11.5 Å². The van der Waals surface area contributed by atoms with Crippen molar-refractivity contribution < 1.29 is 27.6 Å². The van der Waals surface area contributed by atoms with Crippen LogP contribution in [0.2, 0.25) is 0 Å². The Bertz CT molecular complexity index is 513. The van der Waals surface area contributed by atoms with E-state index in [0.29, 0.717) is 0 Å². The van der Waals surface area contributed by atoms with Crippen LogP contribution in [0, 0.1) is 10.1 Å². The molecule has 0 bridgehead atoms. The number of ether oxygens (including phenoxy) is 1. The van der Waals surface area contributed by atoms with E-state index in [1.54, 1.807) is 0 Å². The van der Waals surface area contributed by atoms with Gasteiger partial charge in [-0.15, -0.1) is 0 Å². The first kappa shape index (κ1) is 14.9. The third-order valence-electron chi connectivity index (χ3n) is 2.32. The van der Waals surface area contributed by atoms with Crippen LogP contribution in [0.15, 0.2) is 18.2 Å². The van der Waals surface area contributed by atoms with E-state index >= 15 is 0 Å². The maximum atomic E-state index is 12.3. The highest BCUT2D eigenvalue weighted by atomic mass is 19.4. The van der Waals surface area contributed by atoms with Crippen molar-refractivity contribution in [2.75, 3.05) is 0 Å². The lowest BCUT2D eigenvalue weighted by Gasteiger charge is -2.17. The summed E-state index contributed by atoms with van der Waals surface area (Å²) in [6.07, 6.45) is -6.68. The molecule has 1 aromatic rings. The molecule has 104 valence electrons.